The van der Waals surface area contributed by atoms with E-state index >= 15 is 0 Å². The second-order valence-corrected chi connectivity index (χ2v) is 3.82. The summed E-state index contributed by atoms with van der Waals surface area (Å²) in [6.07, 6.45) is 10.9. The van der Waals surface area contributed by atoms with Crippen LogP contribution in [0.15, 0.2) is 25.3 Å². The molecule has 0 spiro atoms. The van der Waals surface area contributed by atoms with Crippen LogP contribution in [0.3, 0.4) is 0 Å². The third kappa shape index (κ3) is 4.05. The van der Waals surface area contributed by atoms with Crippen LogP contribution in [0.5, 0.6) is 0 Å². The Bertz CT molecular complexity index is 152. The SMILES string of the molecule is C=CCN(CC=C)C1CCCCC1.F. The Morgan fingerprint density at radius 3 is 1.93 bits per heavy atom. The van der Waals surface area contributed by atoms with E-state index in [1.807, 2.05) is 12.2 Å². The molecule has 0 amide bonds. The van der Waals surface area contributed by atoms with Crippen molar-refractivity contribution in [2.45, 2.75) is 38.1 Å². The molecule has 1 aliphatic rings. The number of hydrogen-bond donors (Lipinski definition) is 0. The quantitative estimate of drug-likeness (QED) is 0.615. The standard InChI is InChI=1S/C12H21N.FH/c1-3-10-13(11-4-2)12-8-6-5-7-9-12;/h3-4,12H,1-2,5-11H2;1H. The molecule has 1 aliphatic carbocycles. The molecule has 14 heavy (non-hydrogen) atoms. The predicted molar refractivity (Wildman–Crippen MR) is 61.3 cm³/mol. The smallest absolute Gasteiger partial charge is 0.0166 e. The molecular weight excluding hydrogens is 177 g/mol. The van der Waals surface area contributed by atoms with Gasteiger partial charge in [-0.25, -0.2) is 0 Å². The van der Waals surface area contributed by atoms with Crippen molar-refractivity contribution in [3.63, 3.8) is 0 Å². The van der Waals surface area contributed by atoms with Gasteiger partial charge in [-0.1, -0.05) is 31.4 Å². The molecule has 1 fully saturated rings. The zero-order valence-electron chi connectivity index (χ0n) is 8.95. The van der Waals surface area contributed by atoms with E-state index in [-0.39, 0.29) is 4.70 Å². The fourth-order valence-electron chi connectivity index (χ4n) is 2.15. The van der Waals surface area contributed by atoms with Crippen LogP contribution in [0.1, 0.15) is 32.1 Å². The molecule has 0 bridgehead atoms. The molecule has 1 rings (SSSR count). The lowest BCUT2D eigenvalue weighted by Crippen LogP contribution is -2.36. The van der Waals surface area contributed by atoms with Crippen molar-refractivity contribution < 1.29 is 4.70 Å². The van der Waals surface area contributed by atoms with Crippen LogP contribution in [0.25, 0.3) is 0 Å². The number of halogens is 1. The first kappa shape index (κ1) is 13.4. The Morgan fingerprint density at radius 1 is 1.00 bits per heavy atom. The van der Waals surface area contributed by atoms with Crippen molar-refractivity contribution >= 4 is 0 Å². The van der Waals surface area contributed by atoms with Crippen LogP contribution >= 0.6 is 0 Å². The summed E-state index contributed by atoms with van der Waals surface area (Å²) in [5.74, 6) is 0. The third-order valence-corrected chi connectivity index (χ3v) is 2.82. The Morgan fingerprint density at radius 2 is 1.50 bits per heavy atom. The van der Waals surface area contributed by atoms with Crippen LogP contribution in [0, 0.1) is 0 Å². The summed E-state index contributed by atoms with van der Waals surface area (Å²) in [7, 11) is 0. The van der Waals surface area contributed by atoms with Gasteiger partial charge in [-0.15, -0.1) is 13.2 Å². The monoisotopic (exact) mass is 199 g/mol. The Kier molecular flexibility index (Phi) is 7.40. The number of hydrogen-bond acceptors (Lipinski definition) is 1. The minimum atomic E-state index is 0. The lowest BCUT2D eigenvalue weighted by molar-refractivity contribution is 0.189. The molecule has 0 unspecified atom stereocenters. The topological polar surface area (TPSA) is 3.24 Å². The van der Waals surface area contributed by atoms with Crippen molar-refractivity contribution in [2.24, 2.45) is 0 Å². The fraction of sp³-hybridized carbons (Fsp3) is 0.667. The minimum Gasteiger partial charge on any atom is -0.293 e. The van der Waals surface area contributed by atoms with E-state index in [1.54, 1.807) is 0 Å². The van der Waals surface area contributed by atoms with Gasteiger partial charge in [-0.3, -0.25) is 9.60 Å². The molecule has 0 aromatic rings. The Hall–Kier alpha value is -0.630. The summed E-state index contributed by atoms with van der Waals surface area (Å²) in [5, 5.41) is 0. The minimum absolute atomic E-state index is 0. The highest BCUT2D eigenvalue weighted by Gasteiger charge is 2.18. The lowest BCUT2D eigenvalue weighted by Gasteiger charge is -2.32. The predicted octanol–water partition coefficient (Wildman–Crippen LogP) is 3.15. The molecule has 0 aliphatic heterocycles. The molecular formula is C12H22FN. The van der Waals surface area contributed by atoms with Gasteiger partial charge in [-0.05, 0) is 12.8 Å². The average Bonchev–Trinajstić information content (AvgIpc) is 2.19. The fourth-order valence-corrected chi connectivity index (χ4v) is 2.15. The molecule has 1 saturated carbocycles. The maximum atomic E-state index is 3.80. The maximum absolute atomic E-state index is 3.80. The first-order valence-corrected chi connectivity index (χ1v) is 5.34. The summed E-state index contributed by atoms with van der Waals surface area (Å²) in [6.45, 7) is 9.62. The van der Waals surface area contributed by atoms with Gasteiger partial charge < -0.3 is 0 Å². The second kappa shape index (κ2) is 7.74. The number of rotatable bonds is 5. The van der Waals surface area contributed by atoms with Gasteiger partial charge in [0.2, 0.25) is 0 Å². The summed E-state index contributed by atoms with van der Waals surface area (Å²) < 4.78 is 0. The molecule has 0 atom stereocenters. The molecule has 0 saturated heterocycles. The summed E-state index contributed by atoms with van der Waals surface area (Å²) in [5.41, 5.74) is 0. The lowest BCUT2D eigenvalue weighted by atomic mass is 9.94. The third-order valence-electron chi connectivity index (χ3n) is 2.82. The second-order valence-electron chi connectivity index (χ2n) is 3.82. The first-order valence-electron chi connectivity index (χ1n) is 5.34. The first-order chi connectivity index (χ1) is 6.38. The highest BCUT2D eigenvalue weighted by molar-refractivity contribution is 4.85. The van der Waals surface area contributed by atoms with Gasteiger partial charge in [0.25, 0.3) is 0 Å². The van der Waals surface area contributed by atoms with Crippen molar-refractivity contribution in [2.75, 3.05) is 13.1 Å². The Labute approximate surface area is 86.9 Å². The molecule has 2 heteroatoms. The van der Waals surface area contributed by atoms with Crippen LogP contribution < -0.4 is 0 Å². The number of nitrogens with zero attached hydrogens (tertiary/aromatic N) is 1. The van der Waals surface area contributed by atoms with E-state index in [4.69, 9.17) is 0 Å². The normalized spacial score (nSPS) is 17.5. The van der Waals surface area contributed by atoms with Gasteiger partial charge >= 0.3 is 0 Å². The zero-order chi connectivity index (χ0) is 9.52. The zero-order valence-corrected chi connectivity index (χ0v) is 8.95. The van der Waals surface area contributed by atoms with E-state index in [9.17, 15) is 0 Å². The van der Waals surface area contributed by atoms with Crippen molar-refractivity contribution in [1.29, 1.82) is 0 Å². The molecule has 0 aromatic heterocycles. The largest absolute Gasteiger partial charge is 0.293 e. The molecule has 0 N–H and O–H groups in total. The molecule has 0 radical (unpaired) electrons. The summed E-state index contributed by atoms with van der Waals surface area (Å²) >= 11 is 0. The molecule has 82 valence electrons. The van der Waals surface area contributed by atoms with E-state index in [1.165, 1.54) is 32.1 Å². The van der Waals surface area contributed by atoms with Gasteiger partial charge in [0.1, 0.15) is 0 Å². The van der Waals surface area contributed by atoms with Crippen LogP contribution in [-0.4, -0.2) is 24.0 Å². The highest BCUT2D eigenvalue weighted by Crippen LogP contribution is 2.22. The summed E-state index contributed by atoms with van der Waals surface area (Å²) in [6, 6.07) is 0.782. The van der Waals surface area contributed by atoms with E-state index in [2.05, 4.69) is 18.1 Å². The maximum Gasteiger partial charge on any atom is 0.0166 e. The van der Waals surface area contributed by atoms with Crippen LogP contribution in [0.4, 0.5) is 4.70 Å². The van der Waals surface area contributed by atoms with Crippen LogP contribution in [0.2, 0.25) is 0 Å². The van der Waals surface area contributed by atoms with Crippen molar-refractivity contribution in [3.05, 3.63) is 25.3 Å². The van der Waals surface area contributed by atoms with Gasteiger partial charge in [0, 0.05) is 19.1 Å². The molecule has 0 heterocycles. The highest BCUT2D eigenvalue weighted by atomic mass is 19.0. The van der Waals surface area contributed by atoms with Crippen LogP contribution in [-0.2, 0) is 0 Å². The van der Waals surface area contributed by atoms with E-state index < -0.39 is 0 Å². The van der Waals surface area contributed by atoms with Gasteiger partial charge in [0.15, 0.2) is 0 Å². The molecule has 0 aromatic carbocycles. The van der Waals surface area contributed by atoms with Crippen molar-refractivity contribution in [1.82, 2.24) is 4.90 Å². The van der Waals surface area contributed by atoms with Crippen molar-refractivity contribution in [3.8, 4) is 0 Å². The van der Waals surface area contributed by atoms with Gasteiger partial charge in [-0.2, -0.15) is 0 Å². The Balaban J connectivity index is 0.00000169. The molecule has 1 nitrogen and oxygen atoms in total. The van der Waals surface area contributed by atoms with E-state index in [0.717, 1.165) is 19.1 Å². The average molecular weight is 199 g/mol. The summed E-state index contributed by atoms with van der Waals surface area (Å²) in [4.78, 5) is 2.49. The van der Waals surface area contributed by atoms with Gasteiger partial charge in [0.05, 0.1) is 0 Å². The van der Waals surface area contributed by atoms with E-state index in [0.29, 0.717) is 0 Å².